The van der Waals surface area contributed by atoms with Crippen LogP contribution in [0.3, 0.4) is 0 Å². The number of imidazole rings is 1. The summed E-state index contributed by atoms with van der Waals surface area (Å²) < 4.78 is 0.885. The zero-order valence-electron chi connectivity index (χ0n) is 9.67. The molecule has 0 fully saturated rings. The maximum Gasteiger partial charge on any atom is 0.340 e. The Labute approximate surface area is 109 Å². The van der Waals surface area contributed by atoms with Crippen LogP contribution in [-0.2, 0) is 0 Å². The molecule has 0 atom stereocenters. The van der Waals surface area contributed by atoms with E-state index in [0.29, 0.717) is 12.2 Å². The zero-order chi connectivity index (χ0) is 14.0. The lowest BCUT2D eigenvalue weighted by Crippen LogP contribution is -2.31. The van der Waals surface area contributed by atoms with Gasteiger partial charge in [0.05, 0.1) is 0 Å². The number of hydrogen-bond acceptors (Lipinski definition) is 6. The monoisotopic (exact) mass is 288 g/mol. The highest BCUT2D eigenvalue weighted by Gasteiger charge is 2.10. The van der Waals surface area contributed by atoms with Gasteiger partial charge in [0.2, 0.25) is 0 Å². The van der Waals surface area contributed by atoms with Gasteiger partial charge in [-0.2, -0.15) is 3.97 Å². The molecule has 0 unspecified atom stereocenters. The summed E-state index contributed by atoms with van der Waals surface area (Å²) in [5.41, 5.74) is -1.79. The van der Waals surface area contributed by atoms with Gasteiger partial charge in [-0.1, -0.05) is 0 Å². The summed E-state index contributed by atoms with van der Waals surface area (Å²) in [6, 6.07) is 0. The van der Waals surface area contributed by atoms with E-state index in [0.717, 1.165) is 15.9 Å². The van der Waals surface area contributed by atoms with Gasteiger partial charge in [-0.15, -0.1) is 0 Å². The van der Waals surface area contributed by atoms with Crippen LogP contribution in [0.4, 0.5) is 0 Å². The zero-order valence-corrected chi connectivity index (χ0v) is 10.5. The molecule has 0 amide bonds. The third-order valence-electron chi connectivity index (χ3n) is 2.37. The van der Waals surface area contributed by atoms with Crippen LogP contribution in [0.25, 0.3) is 11.2 Å². The van der Waals surface area contributed by atoms with Gasteiger partial charge in [0.15, 0.2) is 11.8 Å². The fourth-order valence-corrected chi connectivity index (χ4v) is 2.38. The van der Waals surface area contributed by atoms with Crippen molar-refractivity contribution in [2.45, 2.75) is 19.1 Å². The van der Waals surface area contributed by atoms with Gasteiger partial charge >= 0.3 is 11.4 Å². The van der Waals surface area contributed by atoms with E-state index in [1.165, 1.54) is 0 Å². The van der Waals surface area contributed by atoms with Crippen molar-refractivity contribution in [1.29, 1.82) is 0 Å². The number of rotatable bonds is 5. The molecular formula is C9H12N4O5S. The Morgan fingerprint density at radius 2 is 1.89 bits per heavy atom. The predicted molar refractivity (Wildman–Crippen MR) is 69.1 cm³/mol. The molecule has 10 heteroatoms. The Morgan fingerprint density at radius 1 is 1.16 bits per heavy atom. The van der Waals surface area contributed by atoms with Gasteiger partial charge < -0.3 is 10.2 Å². The van der Waals surface area contributed by atoms with Gasteiger partial charge in [0, 0.05) is 5.75 Å². The predicted octanol–water partition coefficient (Wildman–Crippen LogP) is -1.71. The highest BCUT2D eigenvalue weighted by Crippen LogP contribution is 2.05. The lowest BCUT2D eigenvalue weighted by molar-refractivity contribution is -0.0451. The Bertz CT molecular complexity index is 739. The summed E-state index contributed by atoms with van der Waals surface area (Å²) >= 11 is 0.942. The Balaban J connectivity index is 2.25. The molecule has 2 rings (SSSR count). The van der Waals surface area contributed by atoms with Crippen LogP contribution in [-0.4, -0.2) is 41.2 Å². The smallest absolute Gasteiger partial charge is 0.340 e. The van der Waals surface area contributed by atoms with Crippen molar-refractivity contribution >= 4 is 23.1 Å². The van der Waals surface area contributed by atoms with E-state index < -0.39 is 23.2 Å². The lowest BCUT2D eigenvalue weighted by Gasteiger charge is -2.04. The van der Waals surface area contributed by atoms with Gasteiger partial charge in [0.1, 0.15) is 5.65 Å². The molecule has 5 N–H and O–H groups in total. The third-order valence-corrected chi connectivity index (χ3v) is 3.43. The minimum Gasteiger partial charge on any atom is -0.368 e. The summed E-state index contributed by atoms with van der Waals surface area (Å²) in [5, 5.41) is 17.3. The molecule has 0 saturated carbocycles. The number of fused-ring (bicyclic) bond motifs is 1. The first-order chi connectivity index (χ1) is 8.99. The Hall–Kier alpha value is -1.78. The first-order valence-electron chi connectivity index (χ1n) is 5.46. The quantitative estimate of drug-likeness (QED) is 0.327. The summed E-state index contributed by atoms with van der Waals surface area (Å²) in [6.45, 7) is 0. The molecule has 0 aliphatic heterocycles. The number of H-pyrrole nitrogens is 3. The molecule has 0 bridgehead atoms. The molecular weight excluding hydrogens is 276 g/mol. The van der Waals surface area contributed by atoms with Crippen LogP contribution < -0.4 is 16.9 Å². The molecule has 2 aromatic rings. The van der Waals surface area contributed by atoms with E-state index in [2.05, 4.69) is 15.0 Å². The molecule has 0 saturated heterocycles. The van der Waals surface area contributed by atoms with Crippen LogP contribution in [0.1, 0.15) is 12.8 Å². The van der Waals surface area contributed by atoms with Gasteiger partial charge in [-0.25, -0.2) is 9.59 Å². The minimum atomic E-state index is -1.40. The van der Waals surface area contributed by atoms with Gasteiger partial charge in [0.25, 0.3) is 5.56 Å². The van der Waals surface area contributed by atoms with Crippen molar-refractivity contribution in [3.05, 3.63) is 31.3 Å². The summed E-state index contributed by atoms with van der Waals surface area (Å²) in [7, 11) is 0. The first kappa shape index (κ1) is 13.6. The van der Waals surface area contributed by atoms with E-state index in [4.69, 9.17) is 10.2 Å². The van der Waals surface area contributed by atoms with E-state index in [1.54, 1.807) is 0 Å². The number of nitrogens with zero attached hydrogens (tertiary/aromatic N) is 1. The fraction of sp³-hybridized carbons (Fsp3) is 0.444. The fourth-order valence-electron chi connectivity index (χ4n) is 1.53. The normalized spacial score (nSPS) is 11.5. The SMILES string of the molecule is O=c1[nH]c2[nH]c(=O)n(SCCCC(O)O)c(=O)c2[nH]1. The van der Waals surface area contributed by atoms with Crippen molar-refractivity contribution in [2.24, 2.45) is 0 Å². The Kier molecular flexibility index (Phi) is 3.93. The summed E-state index contributed by atoms with van der Waals surface area (Å²) in [6.07, 6.45) is -0.821. The molecule has 0 aliphatic rings. The van der Waals surface area contributed by atoms with Crippen molar-refractivity contribution in [3.63, 3.8) is 0 Å². The summed E-state index contributed by atoms with van der Waals surface area (Å²) in [4.78, 5) is 41.6. The highest BCUT2D eigenvalue weighted by atomic mass is 32.2. The molecule has 9 nitrogen and oxygen atoms in total. The largest absolute Gasteiger partial charge is 0.368 e. The molecule has 0 aromatic carbocycles. The first-order valence-corrected chi connectivity index (χ1v) is 6.40. The average Bonchev–Trinajstić information content (AvgIpc) is 2.68. The van der Waals surface area contributed by atoms with Gasteiger partial charge in [-0.3, -0.25) is 19.7 Å². The second kappa shape index (κ2) is 5.47. The number of aromatic nitrogens is 4. The van der Waals surface area contributed by atoms with Crippen LogP contribution in [0.15, 0.2) is 14.4 Å². The van der Waals surface area contributed by atoms with Crippen molar-refractivity contribution in [2.75, 3.05) is 5.75 Å². The molecule has 0 radical (unpaired) electrons. The topological polar surface area (TPSA) is 144 Å². The molecule has 2 aromatic heterocycles. The van der Waals surface area contributed by atoms with E-state index >= 15 is 0 Å². The maximum atomic E-state index is 11.9. The van der Waals surface area contributed by atoms with Crippen molar-refractivity contribution in [3.8, 4) is 0 Å². The number of aliphatic hydroxyl groups excluding tert-OH is 1. The second-order valence-electron chi connectivity index (χ2n) is 3.81. The number of aliphatic hydroxyl groups is 2. The number of aromatic amines is 3. The molecule has 104 valence electrons. The van der Waals surface area contributed by atoms with E-state index in [9.17, 15) is 14.4 Å². The molecule has 0 spiro atoms. The van der Waals surface area contributed by atoms with Crippen LogP contribution in [0.2, 0.25) is 0 Å². The van der Waals surface area contributed by atoms with Gasteiger partial charge in [-0.05, 0) is 24.8 Å². The molecule has 0 aliphatic carbocycles. The van der Waals surface area contributed by atoms with Crippen molar-refractivity contribution in [1.82, 2.24) is 18.9 Å². The molecule has 19 heavy (non-hydrogen) atoms. The average molecular weight is 288 g/mol. The Morgan fingerprint density at radius 3 is 2.58 bits per heavy atom. The number of nitrogens with one attached hydrogen (secondary N) is 3. The number of hydrogen-bond donors (Lipinski definition) is 5. The van der Waals surface area contributed by atoms with Crippen LogP contribution in [0.5, 0.6) is 0 Å². The molecule has 2 heterocycles. The second-order valence-corrected chi connectivity index (χ2v) is 4.85. The third kappa shape index (κ3) is 2.97. The van der Waals surface area contributed by atoms with Crippen molar-refractivity contribution < 1.29 is 10.2 Å². The van der Waals surface area contributed by atoms with E-state index in [-0.39, 0.29) is 17.6 Å². The van der Waals surface area contributed by atoms with Crippen LogP contribution in [0, 0.1) is 0 Å². The maximum absolute atomic E-state index is 11.9. The summed E-state index contributed by atoms with van der Waals surface area (Å²) in [5.74, 6) is 0.362. The minimum absolute atomic E-state index is 0.000655. The standard InChI is InChI=1S/C9H12N4O5S/c14-4(15)2-1-3-19-13-7(16)5-6(12-9(13)18)11-8(17)10-5/h4,14-15H,1-3H2,(H,12,18)(H2,10,11,17). The van der Waals surface area contributed by atoms with E-state index in [1.807, 2.05) is 0 Å². The lowest BCUT2D eigenvalue weighted by atomic mass is 10.3. The highest BCUT2D eigenvalue weighted by molar-refractivity contribution is 7.97. The van der Waals surface area contributed by atoms with Crippen LogP contribution >= 0.6 is 11.9 Å².